The van der Waals surface area contributed by atoms with Crippen molar-refractivity contribution in [2.45, 2.75) is 0 Å². The van der Waals surface area contributed by atoms with Gasteiger partial charge in [-0.05, 0) is 24.3 Å². The lowest BCUT2D eigenvalue weighted by molar-refractivity contribution is -0.120. The number of hydrogen-bond acceptors (Lipinski definition) is 5. The van der Waals surface area contributed by atoms with E-state index in [0.29, 0.717) is 5.56 Å². The predicted octanol–water partition coefficient (Wildman–Crippen LogP) is 2.05. The molecule has 0 aliphatic rings. The average Bonchev–Trinajstić information content (AvgIpc) is 2.78. The van der Waals surface area contributed by atoms with Crippen LogP contribution in [-0.4, -0.2) is 17.2 Å². The molecular formula is C11H6FNO3S. The second-order valence-corrected chi connectivity index (χ2v) is 3.89. The molecule has 1 aromatic heterocycles. The third kappa shape index (κ3) is 2.36. The van der Waals surface area contributed by atoms with E-state index in [9.17, 15) is 14.0 Å². The van der Waals surface area contributed by atoms with E-state index in [0.717, 1.165) is 11.3 Å². The molecule has 0 bridgehead atoms. The molecule has 0 aliphatic carbocycles. The van der Waals surface area contributed by atoms with Gasteiger partial charge in [-0.2, -0.15) is 0 Å². The van der Waals surface area contributed by atoms with E-state index < -0.39 is 5.82 Å². The zero-order valence-corrected chi connectivity index (χ0v) is 9.24. The molecule has 0 atom stereocenters. The van der Waals surface area contributed by atoms with Gasteiger partial charge in [0, 0.05) is 5.56 Å². The number of rotatable bonds is 4. The van der Waals surface area contributed by atoms with E-state index in [1.165, 1.54) is 29.8 Å². The molecule has 0 N–H and O–H groups in total. The van der Waals surface area contributed by atoms with E-state index >= 15 is 0 Å². The molecule has 0 saturated heterocycles. The first-order chi connectivity index (χ1) is 8.22. The van der Waals surface area contributed by atoms with Crippen molar-refractivity contribution >= 4 is 23.6 Å². The highest BCUT2D eigenvalue weighted by Crippen LogP contribution is 2.24. The summed E-state index contributed by atoms with van der Waals surface area (Å²) in [6, 6.07) is 5.10. The summed E-state index contributed by atoms with van der Waals surface area (Å²) in [5.74, 6) is -0.807. The van der Waals surface area contributed by atoms with E-state index in [2.05, 4.69) is 9.72 Å². The summed E-state index contributed by atoms with van der Waals surface area (Å²) >= 11 is 1.06. The van der Waals surface area contributed by atoms with Crippen molar-refractivity contribution in [3.05, 3.63) is 46.0 Å². The number of hydrogen-bond donors (Lipinski definition) is 0. The Kier molecular flexibility index (Phi) is 3.24. The number of ether oxygens (including phenoxy) is 1. The highest BCUT2D eigenvalue weighted by Gasteiger charge is 2.17. The molecule has 1 aromatic carbocycles. The fourth-order valence-electron chi connectivity index (χ4n) is 1.25. The summed E-state index contributed by atoms with van der Waals surface area (Å²) in [6.07, 6.45) is 0. The number of nitrogens with zero attached hydrogens (tertiary/aromatic N) is 1. The Balaban J connectivity index is 2.33. The standard InChI is InChI=1S/C11H6FNO3S/c12-8-3-1-7(2-4-8)9(15)10-11(16-6-14)13-5-17-10/h1-6H. The van der Waals surface area contributed by atoms with Crippen LogP contribution < -0.4 is 4.74 Å². The molecule has 4 nitrogen and oxygen atoms in total. The summed E-state index contributed by atoms with van der Waals surface area (Å²) in [5, 5.41) is 0. The minimum atomic E-state index is -0.421. The van der Waals surface area contributed by atoms with Gasteiger partial charge in [0.1, 0.15) is 10.7 Å². The lowest BCUT2D eigenvalue weighted by atomic mass is 10.1. The zero-order valence-electron chi connectivity index (χ0n) is 8.42. The van der Waals surface area contributed by atoms with Gasteiger partial charge in [-0.1, -0.05) is 0 Å². The summed E-state index contributed by atoms with van der Waals surface area (Å²) in [7, 11) is 0. The van der Waals surface area contributed by atoms with E-state index in [1.807, 2.05) is 0 Å². The van der Waals surface area contributed by atoms with Gasteiger partial charge in [-0.25, -0.2) is 9.37 Å². The Morgan fingerprint density at radius 3 is 2.71 bits per heavy atom. The van der Waals surface area contributed by atoms with Crippen LogP contribution in [-0.2, 0) is 4.79 Å². The maximum atomic E-state index is 12.7. The summed E-state index contributed by atoms with van der Waals surface area (Å²) in [5.41, 5.74) is 1.71. The first kappa shape index (κ1) is 11.4. The average molecular weight is 251 g/mol. The maximum Gasteiger partial charge on any atom is 0.299 e. The molecule has 0 aliphatic heterocycles. The second-order valence-electron chi connectivity index (χ2n) is 3.04. The maximum absolute atomic E-state index is 12.7. The third-order valence-electron chi connectivity index (χ3n) is 2.01. The molecule has 17 heavy (non-hydrogen) atoms. The monoisotopic (exact) mass is 251 g/mol. The van der Waals surface area contributed by atoms with Gasteiger partial charge >= 0.3 is 0 Å². The van der Waals surface area contributed by atoms with Crippen molar-refractivity contribution in [2.75, 3.05) is 0 Å². The first-order valence-corrected chi connectivity index (χ1v) is 5.44. The molecule has 86 valence electrons. The van der Waals surface area contributed by atoms with Crippen LogP contribution in [0.4, 0.5) is 4.39 Å². The first-order valence-electron chi connectivity index (χ1n) is 4.56. The van der Waals surface area contributed by atoms with Gasteiger partial charge < -0.3 is 4.74 Å². The van der Waals surface area contributed by atoms with Crippen LogP contribution >= 0.6 is 11.3 Å². The molecule has 0 unspecified atom stereocenters. The number of thiazole rings is 1. The number of halogens is 1. The lowest BCUT2D eigenvalue weighted by Crippen LogP contribution is -2.02. The molecule has 6 heteroatoms. The molecule has 0 spiro atoms. The fourth-order valence-corrected chi connectivity index (χ4v) is 1.93. The summed E-state index contributed by atoms with van der Waals surface area (Å²) in [6.45, 7) is 0.205. The normalized spacial score (nSPS) is 9.94. The van der Waals surface area contributed by atoms with Gasteiger partial charge in [0.15, 0.2) is 0 Å². The Bertz CT molecular complexity index is 550. The molecule has 0 fully saturated rings. The van der Waals surface area contributed by atoms with Gasteiger partial charge in [-0.15, -0.1) is 11.3 Å². The van der Waals surface area contributed by atoms with Crippen molar-refractivity contribution in [1.82, 2.24) is 4.98 Å². The van der Waals surface area contributed by atoms with Crippen LogP contribution in [0.1, 0.15) is 15.2 Å². The van der Waals surface area contributed by atoms with Crippen LogP contribution in [0.15, 0.2) is 29.8 Å². The minimum Gasteiger partial charge on any atom is -0.408 e. The summed E-state index contributed by atoms with van der Waals surface area (Å²) in [4.78, 5) is 26.1. The van der Waals surface area contributed by atoms with Crippen molar-refractivity contribution in [1.29, 1.82) is 0 Å². The highest BCUT2D eigenvalue weighted by atomic mass is 32.1. The molecule has 0 amide bonds. The number of benzene rings is 1. The molecule has 1 heterocycles. The van der Waals surface area contributed by atoms with Gasteiger partial charge in [-0.3, -0.25) is 9.59 Å². The molecule has 2 rings (SSSR count). The third-order valence-corrected chi connectivity index (χ3v) is 2.81. The van der Waals surface area contributed by atoms with Crippen molar-refractivity contribution in [2.24, 2.45) is 0 Å². The molecular weight excluding hydrogens is 245 g/mol. The van der Waals surface area contributed by atoms with Crippen molar-refractivity contribution in [3.63, 3.8) is 0 Å². The van der Waals surface area contributed by atoms with Crippen LogP contribution in [0.3, 0.4) is 0 Å². The quantitative estimate of drug-likeness (QED) is 0.616. The van der Waals surface area contributed by atoms with Crippen molar-refractivity contribution < 1.29 is 18.7 Å². The highest BCUT2D eigenvalue weighted by molar-refractivity contribution is 7.12. The Morgan fingerprint density at radius 1 is 1.35 bits per heavy atom. The number of carbonyl (C=O) groups is 2. The fraction of sp³-hybridized carbons (Fsp3) is 0. The van der Waals surface area contributed by atoms with Crippen LogP contribution in [0.25, 0.3) is 0 Å². The second kappa shape index (κ2) is 4.84. The van der Waals surface area contributed by atoms with Gasteiger partial charge in [0.05, 0.1) is 5.51 Å². The predicted molar refractivity (Wildman–Crippen MR) is 58.6 cm³/mol. The molecule has 0 saturated carbocycles. The lowest BCUT2D eigenvalue weighted by Gasteiger charge is -1.99. The SMILES string of the molecule is O=COc1ncsc1C(=O)c1ccc(F)cc1. The van der Waals surface area contributed by atoms with Gasteiger partial charge in [0.25, 0.3) is 6.47 Å². The van der Waals surface area contributed by atoms with Crippen LogP contribution in [0, 0.1) is 5.82 Å². The Labute approximate surface area is 99.7 Å². The molecule has 0 radical (unpaired) electrons. The van der Waals surface area contributed by atoms with E-state index in [-0.39, 0.29) is 23.0 Å². The Morgan fingerprint density at radius 2 is 2.06 bits per heavy atom. The van der Waals surface area contributed by atoms with E-state index in [1.54, 1.807) is 0 Å². The Hall–Kier alpha value is -2.08. The van der Waals surface area contributed by atoms with Crippen LogP contribution in [0.2, 0.25) is 0 Å². The minimum absolute atomic E-state index is 0.0284. The number of carbonyl (C=O) groups excluding carboxylic acids is 2. The molecule has 2 aromatic rings. The smallest absolute Gasteiger partial charge is 0.299 e. The zero-order chi connectivity index (χ0) is 12.3. The van der Waals surface area contributed by atoms with Gasteiger partial charge in [0.2, 0.25) is 11.7 Å². The van der Waals surface area contributed by atoms with E-state index in [4.69, 9.17) is 0 Å². The number of aromatic nitrogens is 1. The summed E-state index contributed by atoms with van der Waals surface area (Å²) < 4.78 is 17.3. The largest absolute Gasteiger partial charge is 0.408 e. The van der Waals surface area contributed by atoms with Crippen LogP contribution in [0.5, 0.6) is 5.88 Å². The topological polar surface area (TPSA) is 56.3 Å². The number of ketones is 1. The van der Waals surface area contributed by atoms with Crippen molar-refractivity contribution in [3.8, 4) is 5.88 Å².